The van der Waals surface area contributed by atoms with Crippen LogP contribution in [0.2, 0.25) is 0 Å². The first kappa shape index (κ1) is 23.0. The minimum atomic E-state index is -1.46. The number of cyclic esters (lactones) is 2. The molecule has 12 nitrogen and oxygen atoms in total. The maximum atomic E-state index is 10.6. The average molecular weight is 406 g/mol. The largest absolute Gasteiger partial charge is 2.00 e. The van der Waals surface area contributed by atoms with Gasteiger partial charge >= 0.3 is 29.0 Å². The summed E-state index contributed by atoms with van der Waals surface area (Å²) in [5.74, 6) is -6.50. The molecule has 2 aliphatic heterocycles. The number of esters is 2. The second-order valence-corrected chi connectivity index (χ2v) is 4.58. The predicted molar refractivity (Wildman–Crippen MR) is 65.3 cm³/mol. The van der Waals surface area contributed by atoms with E-state index < -0.39 is 72.6 Å². The van der Waals surface area contributed by atoms with Crippen LogP contribution in [0.5, 0.6) is 0 Å². The van der Waals surface area contributed by atoms with Crippen LogP contribution in [0.15, 0.2) is 23.0 Å². The van der Waals surface area contributed by atoms with Crippen molar-refractivity contribution in [3.8, 4) is 0 Å². The maximum Gasteiger partial charge on any atom is 2.00 e. The van der Waals surface area contributed by atoms with Crippen LogP contribution >= 0.6 is 0 Å². The van der Waals surface area contributed by atoms with Gasteiger partial charge in [-0.1, -0.05) is 0 Å². The number of hydrogen-bond acceptors (Lipinski definition) is 12. The topological polar surface area (TPSA) is 220 Å². The van der Waals surface area contributed by atoms with Crippen molar-refractivity contribution < 1.29 is 77.0 Å². The molecule has 0 fully saturated rings. The Morgan fingerprint density at radius 3 is 1.28 bits per heavy atom. The van der Waals surface area contributed by atoms with Crippen molar-refractivity contribution in [2.45, 2.75) is 24.4 Å². The quantitative estimate of drug-likeness (QED) is 0.191. The van der Waals surface area contributed by atoms with Crippen LogP contribution in [0.4, 0.5) is 0 Å². The molecular formula is C12H14FeO12. The van der Waals surface area contributed by atoms with Crippen LogP contribution in [0, 0.1) is 0 Å². The minimum absolute atomic E-state index is 0. The first-order valence-corrected chi connectivity index (χ1v) is 6.35. The fraction of sp³-hybridized carbons (Fsp3) is 0.500. The first-order chi connectivity index (χ1) is 11.1. The molecule has 2 aliphatic rings. The molecule has 0 aromatic rings. The van der Waals surface area contributed by atoms with Crippen LogP contribution in [-0.4, -0.2) is 80.2 Å². The van der Waals surface area contributed by atoms with Crippen LogP contribution in [-0.2, 0) is 36.1 Å². The van der Waals surface area contributed by atoms with Crippen molar-refractivity contribution in [2.75, 3.05) is 13.2 Å². The second-order valence-electron chi connectivity index (χ2n) is 4.58. The number of carbonyl (C=O) groups is 2. The molecule has 4 atom stereocenters. The fourth-order valence-corrected chi connectivity index (χ4v) is 1.63. The average Bonchev–Trinajstić information content (AvgIpc) is 2.98. The van der Waals surface area contributed by atoms with E-state index in [0.717, 1.165) is 0 Å². The Kier molecular flexibility index (Phi) is 8.69. The number of aliphatic hydroxyl groups excluding tert-OH is 6. The van der Waals surface area contributed by atoms with E-state index in [-0.39, 0.29) is 17.1 Å². The molecule has 6 N–H and O–H groups in total. The number of hydrogen-bond donors (Lipinski definition) is 6. The summed E-state index contributed by atoms with van der Waals surface area (Å²) < 4.78 is 8.51. The zero-order chi connectivity index (χ0) is 18.6. The molecule has 0 aliphatic carbocycles. The Morgan fingerprint density at radius 1 is 0.840 bits per heavy atom. The summed E-state index contributed by atoms with van der Waals surface area (Å²) in [6.07, 6.45) is -5.76. The smallest absolute Gasteiger partial charge is 0.865 e. The summed E-state index contributed by atoms with van der Waals surface area (Å²) in [6, 6.07) is 0. The number of aliphatic hydroxyl groups is 6. The van der Waals surface area contributed by atoms with E-state index in [1.165, 1.54) is 0 Å². The number of carbonyl (C=O) groups excluding carboxylic acids is 2. The number of ether oxygens (including phenoxy) is 2. The Labute approximate surface area is 150 Å². The predicted octanol–water partition coefficient (Wildman–Crippen LogP) is -5.21. The molecule has 0 unspecified atom stereocenters. The molecule has 0 spiro atoms. The summed E-state index contributed by atoms with van der Waals surface area (Å²) in [4.78, 5) is 20.9. The van der Waals surface area contributed by atoms with Gasteiger partial charge in [-0.2, -0.15) is 0 Å². The standard InChI is InChI=1S/2C6H8O6.Fe/c2*7-1-2(8)5-3(9)4(10)6(11)12-5;/h2*2,5,7-10H,1H2;/q;;+2/p-2/t2*2-,5+;/m00./s1. The normalized spacial score (nSPS) is 24.8. The molecule has 142 valence electrons. The van der Waals surface area contributed by atoms with E-state index in [1.54, 1.807) is 0 Å². The van der Waals surface area contributed by atoms with E-state index in [4.69, 9.17) is 30.6 Å². The summed E-state index contributed by atoms with van der Waals surface area (Å²) in [6.45, 7) is -1.40. The van der Waals surface area contributed by atoms with E-state index in [9.17, 15) is 19.8 Å². The first-order valence-electron chi connectivity index (χ1n) is 6.35. The van der Waals surface area contributed by atoms with Gasteiger partial charge in [-0.25, -0.2) is 9.59 Å². The van der Waals surface area contributed by atoms with Gasteiger partial charge < -0.3 is 50.3 Å². The van der Waals surface area contributed by atoms with Crippen LogP contribution in [0.1, 0.15) is 0 Å². The van der Waals surface area contributed by atoms with E-state index >= 15 is 0 Å². The molecule has 0 aromatic carbocycles. The van der Waals surface area contributed by atoms with Gasteiger partial charge in [0.1, 0.15) is 23.7 Å². The molecule has 2 rings (SSSR count). The molecule has 0 amide bonds. The van der Waals surface area contributed by atoms with Crippen molar-refractivity contribution >= 4 is 11.9 Å². The Bertz CT molecular complexity index is 520. The zero-order valence-corrected chi connectivity index (χ0v) is 13.3. The Hall–Kier alpha value is -2.02. The monoisotopic (exact) mass is 406 g/mol. The molecule has 0 saturated heterocycles. The minimum Gasteiger partial charge on any atom is -0.865 e. The van der Waals surface area contributed by atoms with Gasteiger partial charge in [0.2, 0.25) is 0 Å². The summed E-state index contributed by atoms with van der Waals surface area (Å²) >= 11 is 0. The van der Waals surface area contributed by atoms with Crippen molar-refractivity contribution in [2.24, 2.45) is 0 Å². The van der Waals surface area contributed by atoms with Crippen LogP contribution in [0.3, 0.4) is 0 Å². The Morgan fingerprint density at radius 2 is 1.12 bits per heavy atom. The third kappa shape index (κ3) is 4.98. The van der Waals surface area contributed by atoms with E-state index in [2.05, 4.69) is 9.47 Å². The third-order valence-corrected chi connectivity index (χ3v) is 2.92. The molecule has 25 heavy (non-hydrogen) atoms. The molecule has 0 bridgehead atoms. The Balaban J connectivity index is 0.000000443. The zero-order valence-electron chi connectivity index (χ0n) is 12.2. The van der Waals surface area contributed by atoms with Gasteiger partial charge in [-0.3, -0.25) is 0 Å². The molecule has 0 saturated carbocycles. The van der Waals surface area contributed by atoms with Crippen molar-refractivity contribution in [1.82, 2.24) is 0 Å². The molecule has 2 heterocycles. The van der Waals surface area contributed by atoms with Crippen molar-refractivity contribution in [1.29, 1.82) is 0 Å². The van der Waals surface area contributed by atoms with Crippen molar-refractivity contribution in [3.05, 3.63) is 23.0 Å². The summed E-state index contributed by atoms with van der Waals surface area (Å²) in [5, 5.41) is 73.5. The summed E-state index contributed by atoms with van der Waals surface area (Å²) in [5.41, 5.74) is 0. The van der Waals surface area contributed by atoms with Gasteiger partial charge in [-0.05, 0) is 0 Å². The second kappa shape index (κ2) is 9.46. The maximum absolute atomic E-state index is 10.6. The van der Waals surface area contributed by atoms with E-state index in [1.807, 2.05) is 0 Å². The van der Waals surface area contributed by atoms with Crippen molar-refractivity contribution in [3.63, 3.8) is 0 Å². The molecular weight excluding hydrogens is 392 g/mol. The van der Waals surface area contributed by atoms with Gasteiger partial charge in [-0.15, -0.1) is 0 Å². The molecule has 0 aromatic heterocycles. The summed E-state index contributed by atoms with van der Waals surface area (Å²) in [7, 11) is 0. The SMILES string of the molecule is O=C1O[C@H]([C@@H](O)CO)C(O)=C1[O-].O=C1O[C@H]([C@@H](O)CO)C(O)=C1[O-].[Fe+2]. The molecule has 13 heteroatoms. The van der Waals surface area contributed by atoms with Crippen LogP contribution < -0.4 is 10.2 Å². The third-order valence-electron chi connectivity index (χ3n) is 2.92. The van der Waals surface area contributed by atoms with Gasteiger partial charge in [0, 0.05) is 11.5 Å². The fourth-order valence-electron chi connectivity index (χ4n) is 1.63. The molecule has 0 radical (unpaired) electrons. The van der Waals surface area contributed by atoms with Gasteiger partial charge in [0.05, 0.1) is 13.2 Å². The van der Waals surface area contributed by atoms with Gasteiger partial charge in [0.25, 0.3) is 0 Å². The van der Waals surface area contributed by atoms with E-state index in [0.29, 0.717) is 0 Å². The number of rotatable bonds is 4. The van der Waals surface area contributed by atoms with Gasteiger partial charge in [0.15, 0.2) is 12.2 Å². The van der Waals surface area contributed by atoms with Crippen LogP contribution in [0.25, 0.3) is 0 Å².